The minimum atomic E-state index is -0.731. The molecule has 0 heterocycles. The lowest BCUT2D eigenvalue weighted by atomic mass is 10.1. The molecule has 1 unspecified atom stereocenters. The highest BCUT2D eigenvalue weighted by atomic mass is 16.5. The van der Waals surface area contributed by atoms with Crippen molar-refractivity contribution in [3.8, 4) is 5.75 Å². The van der Waals surface area contributed by atoms with Gasteiger partial charge in [0.1, 0.15) is 12.4 Å². The van der Waals surface area contributed by atoms with Crippen molar-refractivity contribution in [2.75, 3.05) is 13.1 Å². The molecule has 2 aromatic rings. The zero-order valence-electron chi connectivity index (χ0n) is 13.6. The first-order valence-corrected chi connectivity index (χ1v) is 7.28. The SMILES string of the molecule is [2H]C(Cc1ccc(OCc2ccccc2)cc1)NC(=O)OCC. The third kappa shape index (κ3) is 5.48. The first-order valence-electron chi connectivity index (χ1n) is 7.86. The molecule has 0 bridgehead atoms. The Kier molecular flexibility index (Phi) is 5.73. The van der Waals surface area contributed by atoms with E-state index in [1.54, 1.807) is 6.92 Å². The Bertz CT molecular complexity index is 601. The summed E-state index contributed by atoms with van der Waals surface area (Å²) >= 11 is 0. The van der Waals surface area contributed by atoms with Crippen LogP contribution in [0.2, 0.25) is 0 Å². The summed E-state index contributed by atoms with van der Waals surface area (Å²) in [6, 6.07) is 17.5. The fraction of sp³-hybridized carbons (Fsp3) is 0.278. The maximum Gasteiger partial charge on any atom is 0.407 e. The molecule has 2 rings (SSSR count). The number of aryl methyl sites for hydroxylation is 1. The molecule has 0 aromatic heterocycles. The third-order valence-electron chi connectivity index (χ3n) is 3.00. The van der Waals surface area contributed by atoms with E-state index >= 15 is 0 Å². The van der Waals surface area contributed by atoms with Crippen LogP contribution >= 0.6 is 0 Å². The Balaban J connectivity index is 1.81. The summed E-state index contributed by atoms with van der Waals surface area (Å²) in [5.74, 6) is 0.775. The highest BCUT2D eigenvalue weighted by Crippen LogP contribution is 2.14. The molecular weight excluding hydrogens is 278 g/mol. The maximum atomic E-state index is 11.2. The largest absolute Gasteiger partial charge is 0.489 e. The van der Waals surface area contributed by atoms with Gasteiger partial charge in [-0.1, -0.05) is 42.5 Å². The van der Waals surface area contributed by atoms with Gasteiger partial charge >= 0.3 is 6.09 Å². The van der Waals surface area contributed by atoms with Crippen LogP contribution < -0.4 is 10.1 Å². The topological polar surface area (TPSA) is 47.6 Å². The monoisotopic (exact) mass is 300 g/mol. The van der Waals surface area contributed by atoms with Gasteiger partial charge in [-0.3, -0.25) is 0 Å². The molecule has 0 saturated carbocycles. The van der Waals surface area contributed by atoms with E-state index in [0.717, 1.165) is 16.9 Å². The number of rotatable bonds is 7. The van der Waals surface area contributed by atoms with Crippen molar-refractivity contribution in [3.05, 3.63) is 65.7 Å². The van der Waals surface area contributed by atoms with Crippen LogP contribution in [0.3, 0.4) is 0 Å². The minimum absolute atomic E-state index is 0.298. The maximum absolute atomic E-state index is 11.2. The zero-order chi connectivity index (χ0) is 16.5. The van der Waals surface area contributed by atoms with E-state index in [4.69, 9.17) is 10.8 Å². The second kappa shape index (κ2) is 8.72. The van der Waals surface area contributed by atoms with Gasteiger partial charge < -0.3 is 14.8 Å². The third-order valence-corrected chi connectivity index (χ3v) is 3.00. The lowest BCUT2D eigenvalue weighted by Crippen LogP contribution is -2.26. The van der Waals surface area contributed by atoms with Crippen LogP contribution in [0.4, 0.5) is 4.79 Å². The van der Waals surface area contributed by atoms with Crippen molar-refractivity contribution in [1.29, 1.82) is 0 Å². The Morgan fingerprint density at radius 1 is 1.09 bits per heavy atom. The molecule has 1 atom stereocenters. The summed E-state index contributed by atoms with van der Waals surface area (Å²) < 4.78 is 18.3. The Morgan fingerprint density at radius 2 is 1.82 bits per heavy atom. The fourth-order valence-electron chi connectivity index (χ4n) is 1.89. The number of benzene rings is 2. The molecule has 1 N–H and O–H groups in total. The Hall–Kier alpha value is -2.49. The van der Waals surface area contributed by atoms with Gasteiger partial charge in [-0.05, 0) is 36.6 Å². The molecule has 116 valence electrons. The van der Waals surface area contributed by atoms with Crippen molar-refractivity contribution in [3.63, 3.8) is 0 Å². The Morgan fingerprint density at radius 3 is 2.50 bits per heavy atom. The number of carbonyl (C=O) groups is 1. The number of hydrogen-bond acceptors (Lipinski definition) is 3. The fourth-order valence-corrected chi connectivity index (χ4v) is 1.89. The predicted octanol–water partition coefficient (Wildman–Crippen LogP) is 3.55. The highest BCUT2D eigenvalue weighted by molar-refractivity contribution is 5.67. The van der Waals surface area contributed by atoms with Crippen LogP contribution in [0.15, 0.2) is 54.6 Å². The molecule has 1 amide bonds. The first kappa shape index (κ1) is 14.4. The molecule has 2 aromatic carbocycles. The molecular formula is C18H21NO3. The predicted molar refractivity (Wildman–Crippen MR) is 85.9 cm³/mol. The average molecular weight is 300 g/mol. The van der Waals surface area contributed by atoms with E-state index in [-0.39, 0.29) is 0 Å². The van der Waals surface area contributed by atoms with Crippen LogP contribution in [0, 0.1) is 0 Å². The second-order valence-corrected chi connectivity index (χ2v) is 4.69. The molecule has 0 fully saturated rings. The average Bonchev–Trinajstić information content (AvgIpc) is 2.55. The number of nitrogens with one attached hydrogen (secondary N) is 1. The molecule has 0 radical (unpaired) electrons. The normalized spacial score (nSPS) is 12.1. The summed E-state index contributed by atoms with van der Waals surface area (Å²) in [6.45, 7) is 1.81. The summed E-state index contributed by atoms with van der Waals surface area (Å²) in [7, 11) is 0. The highest BCUT2D eigenvalue weighted by Gasteiger charge is 2.00. The standard InChI is InChI=1S/C18H21NO3/c1-2-21-18(20)19-13-12-15-8-10-17(11-9-15)22-14-16-6-4-3-5-7-16/h3-11H,2,12-14H2,1H3,(H,19,20)/i13D. The van der Waals surface area contributed by atoms with Crippen molar-refractivity contribution in [2.45, 2.75) is 20.0 Å². The molecule has 4 heteroatoms. The summed E-state index contributed by atoms with van der Waals surface area (Å²) in [5, 5.41) is 2.46. The molecule has 22 heavy (non-hydrogen) atoms. The van der Waals surface area contributed by atoms with Gasteiger partial charge in [-0.2, -0.15) is 0 Å². The van der Waals surface area contributed by atoms with E-state index in [1.807, 2.05) is 54.6 Å². The number of ether oxygens (including phenoxy) is 2. The molecule has 0 aliphatic rings. The van der Waals surface area contributed by atoms with Gasteiger partial charge in [-0.25, -0.2) is 4.79 Å². The quantitative estimate of drug-likeness (QED) is 0.850. The summed E-state index contributed by atoms with van der Waals surface area (Å²) in [4.78, 5) is 11.2. The number of amides is 1. The molecule has 0 spiro atoms. The van der Waals surface area contributed by atoms with Crippen molar-refractivity contribution < 1.29 is 15.6 Å². The van der Waals surface area contributed by atoms with E-state index in [1.165, 1.54) is 0 Å². The number of carbonyl (C=O) groups excluding carboxylic acids is 1. The lowest BCUT2D eigenvalue weighted by molar-refractivity contribution is 0.152. The van der Waals surface area contributed by atoms with Crippen LogP contribution in [-0.2, 0) is 17.8 Å². The van der Waals surface area contributed by atoms with Crippen LogP contribution in [0.25, 0.3) is 0 Å². The number of hydrogen-bond donors (Lipinski definition) is 1. The molecule has 0 saturated heterocycles. The second-order valence-electron chi connectivity index (χ2n) is 4.69. The van der Waals surface area contributed by atoms with Gasteiger partial charge in [0, 0.05) is 7.89 Å². The molecule has 0 aliphatic heterocycles. The van der Waals surface area contributed by atoms with Gasteiger partial charge in [0.15, 0.2) is 0 Å². The van der Waals surface area contributed by atoms with Gasteiger partial charge in [0.25, 0.3) is 0 Å². The van der Waals surface area contributed by atoms with Gasteiger partial charge in [-0.15, -0.1) is 0 Å². The van der Waals surface area contributed by atoms with E-state index in [9.17, 15) is 4.79 Å². The summed E-state index contributed by atoms with van der Waals surface area (Å²) in [5.41, 5.74) is 2.07. The zero-order valence-corrected chi connectivity index (χ0v) is 12.6. The van der Waals surface area contributed by atoms with Crippen LogP contribution in [0.5, 0.6) is 5.75 Å². The molecule has 4 nitrogen and oxygen atoms in total. The lowest BCUT2D eigenvalue weighted by Gasteiger charge is -2.08. The van der Waals surface area contributed by atoms with Crippen molar-refractivity contribution in [1.82, 2.24) is 5.32 Å². The van der Waals surface area contributed by atoms with E-state index in [0.29, 0.717) is 19.6 Å². The summed E-state index contributed by atoms with van der Waals surface area (Å²) in [6.07, 6.45) is -0.145. The molecule has 0 aliphatic carbocycles. The van der Waals surface area contributed by atoms with Crippen LogP contribution in [0.1, 0.15) is 19.4 Å². The van der Waals surface area contributed by atoms with Crippen molar-refractivity contribution >= 4 is 6.09 Å². The number of alkyl carbamates (subject to hydrolysis) is 1. The van der Waals surface area contributed by atoms with E-state index < -0.39 is 12.6 Å². The van der Waals surface area contributed by atoms with E-state index in [2.05, 4.69) is 5.32 Å². The minimum Gasteiger partial charge on any atom is -0.489 e. The smallest absolute Gasteiger partial charge is 0.407 e. The van der Waals surface area contributed by atoms with Crippen molar-refractivity contribution in [2.24, 2.45) is 0 Å². The van der Waals surface area contributed by atoms with Crippen LogP contribution in [-0.4, -0.2) is 19.2 Å². The van der Waals surface area contributed by atoms with Gasteiger partial charge in [0.2, 0.25) is 0 Å². The first-order chi connectivity index (χ1) is 11.2. The Labute approximate surface area is 132 Å². The van der Waals surface area contributed by atoms with Gasteiger partial charge in [0.05, 0.1) is 6.61 Å².